The summed E-state index contributed by atoms with van der Waals surface area (Å²) in [5.74, 6) is 0.388. The van der Waals surface area contributed by atoms with Gasteiger partial charge in [-0.25, -0.2) is 4.68 Å². The van der Waals surface area contributed by atoms with Crippen LogP contribution in [0.3, 0.4) is 0 Å². The van der Waals surface area contributed by atoms with Gasteiger partial charge in [0.2, 0.25) is 5.95 Å². The standard InChI is InChI=1S/C20H18ClN5O/c1-12-6-8-16(9-7-12)25-19(27)17-13(2)24-20-22-11-23-26(20)18(17)14-4-3-5-15(21)10-14/h3-11,18H,1-2H3,(H,25,27)(H,22,23,24). The van der Waals surface area contributed by atoms with Crippen LogP contribution in [-0.4, -0.2) is 20.7 Å². The van der Waals surface area contributed by atoms with Crippen LogP contribution in [0, 0.1) is 6.92 Å². The summed E-state index contributed by atoms with van der Waals surface area (Å²) in [6, 6.07) is 14.7. The summed E-state index contributed by atoms with van der Waals surface area (Å²) in [5.41, 5.74) is 4.03. The summed E-state index contributed by atoms with van der Waals surface area (Å²) in [6.45, 7) is 3.87. The molecule has 4 rings (SSSR count). The number of aromatic nitrogens is 3. The number of hydrogen-bond acceptors (Lipinski definition) is 4. The molecule has 27 heavy (non-hydrogen) atoms. The molecule has 1 atom stereocenters. The monoisotopic (exact) mass is 379 g/mol. The van der Waals surface area contributed by atoms with Crippen molar-refractivity contribution in [3.05, 3.63) is 82.3 Å². The summed E-state index contributed by atoms with van der Waals surface area (Å²) in [7, 11) is 0. The van der Waals surface area contributed by atoms with Crippen molar-refractivity contribution in [3.63, 3.8) is 0 Å². The average molecular weight is 380 g/mol. The fourth-order valence-electron chi connectivity index (χ4n) is 3.21. The van der Waals surface area contributed by atoms with Gasteiger partial charge < -0.3 is 10.6 Å². The predicted octanol–water partition coefficient (Wildman–Crippen LogP) is 4.17. The topological polar surface area (TPSA) is 71.8 Å². The van der Waals surface area contributed by atoms with Crippen molar-refractivity contribution < 1.29 is 4.79 Å². The minimum atomic E-state index is -0.423. The number of benzene rings is 2. The largest absolute Gasteiger partial charge is 0.328 e. The average Bonchev–Trinajstić information content (AvgIpc) is 3.10. The molecular formula is C20H18ClN5O. The molecule has 0 radical (unpaired) electrons. The van der Waals surface area contributed by atoms with E-state index in [0.29, 0.717) is 16.5 Å². The lowest BCUT2D eigenvalue weighted by Crippen LogP contribution is -2.31. The van der Waals surface area contributed by atoms with Crippen LogP contribution in [0.1, 0.15) is 24.1 Å². The number of carbonyl (C=O) groups is 1. The number of aryl methyl sites for hydroxylation is 1. The van der Waals surface area contributed by atoms with Gasteiger partial charge in [0.05, 0.1) is 5.57 Å². The molecule has 2 N–H and O–H groups in total. The van der Waals surface area contributed by atoms with E-state index >= 15 is 0 Å². The van der Waals surface area contributed by atoms with E-state index < -0.39 is 6.04 Å². The van der Waals surface area contributed by atoms with Crippen LogP contribution >= 0.6 is 11.6 Å². The molecule has 136 valence electrons. The van der Waals surface area contributed by atoms with Crippen molar-refractivity contribution in [3.8, 4) is 0 Å². The molecule has 6 nitrogen and oxygen atoms in total. The van der Waals surface area contributed by atoms with Crippen LogP contribution in [0.15, 0.2) is 66.1 Å². The van der Waals surface area contributed by atoms with Crippen molar-refractivity contribution in [2.24, 2.45) is 0 Å². The maximum atomic E-state index is 13.2. The Labute approximate surface area is 161 Å². The second-order valence-electron chi connectivity index (χ2n) is 6.47. The molecule has 0 aliphatic carbocycles. The summed E-state index contributed by atoms with van der Waals surface area (Å²) in [4.78, 5) is 17.4. The molecule has 1 unspecified atom stereocenters. The first kappa shape index (κ1) is 17.3. The first-order valence-corrected chi connectivity index (χ1v) is 8.91. The van der Waals surface area contributed by atoms with Gasteiger partial charge in [-0.1, -0.05) is 41.4 Å². The van der Waals surface area contributed by atoms with Gasteiger partial charge in [-0.05, 0) is 43.7 Å². The molecule has 1 aliphatic heterocycles. The van der Waals surface area contributed by atoms with Gasteiger partial charge in [0, 0.05) is 16.4 Å². The second-order valence-corrected chi connectivity index (χ2v) is 6.91. The summed E-state index contributed by atoms with van der Waals surface area (Å²) in [5, 5.41) is 11.0. The van der Waals surface area contributed by atoms with E-state index in [1.54, 1.807) is 10.7 Å². The first-order chi connectivity index (χ1) is 13.0. The lowest BCUT2D eigenvalue weighted by molar-refractivity contribution is -0.113. The summed E-state index contributed by atoms with van der Waals surface area (Å²) < 4.78 is 1.70. The molecule has 0 fully saturated rings. The van der Waals surface area contributed by atoms with E-state index in [1.165, 1.54) is 6.33 Å². The van der Waals surface area contributed by atoms with E-state index in [2.05, 4.69) is 20.7 Å². The van der Waals surface area contributed by atoms with E-state index in [0.717, 1.165) is 22.5 Å². The second kappa shape index (κ2) is 6.89. The predicted molar refractivity (Wildman–Crippen MR) is 106 cm³/mol. The molecule has 2 aromatic carbocycles. The Morgan fingerprint density at radius 2 is 1.96 bits per heavy atom. The Kier molecular flexibility index (Phi) is 4.41. The third-order valence-corrected chi connectivity index (χ3v) is 4.75. The number of amides is 1. The van der Waals surface area contributed by atoms with Crippen LogP contribution in [-0.2, 0) is 4.79 Å². The highest BCUT2D eigenvalue weighted by atomic mass is 35.5. The van der Waals surface area contributed by atoms with E-state index in [4.69, 9.17) is 11.6 Å². The fraction of sp³-hybridized carbons (Fsp3) is 0.150. The van der Waals surface area contributed by atoms with Crippen LogP contribution in [0.5, 0.6) is 0 Å². The zero-order valence-electron chi connectivity index (χ0n) is 14.9. The Morgan fingerprint density at radius 3 is 2.70 bits per heavy atom. The van der Waals surface area contributed by atoms with Crippen LogP contribution in [0.25, 0.3) is 0 Å². The highest BCUT2D eigenvalue weighted by Crippen LogP contribution is 2.35. The number of fused-ring (bicyclic) bond motifs is 1. The number of carbonyl (C=O) groups excluding carboxylic acids is 1. The van der Waals surface area contributed by atoms with Gasteiger partial charge in [0.25, 0.3) is 5.91 Å². The molecular weight excluding hydrogens is 362 g/mol. The number of nitrogens with zero attached hydrogens (tertiary/aromatic N) is 3. The zero-order valence-corrected chi connectivity index (χ0v) is 15.7. The quantitative estimate of drug-likeness (QED) is 0.716. The number of hydrogen-bond donors (Lipinski definition) is 2. The van der Waals surface area contributed by atoms with E-state index in [-0.39, 0.29) is 5.91 Å². The highest BCUT2D eigenvalue weighted by molar-refractivity contribution is 6.30. The third-order valence-electron chi connectivity index (χ3n) is 4.51. The first-order valence-electron chi connectivity index (χ1n) is 8.54. The lowest BCUT2D eigenvalue weighted by Gasteiger charge is -2.28. The molecule has 1 amide bonds. The third kappa shape index (κ3) is 3.31. The number of rotatable bonds is 3. The molecule has 0 spiro atoms. The molecule has 2 heterocycles. The Morgan fingerprint density at radius 1 is 1.19 bits per heavy atom. The van der Waals surface area contributed by atoms with Gasteiger partial charge in [0.15, 0.2) is 0 Å². The van der Waals surface area contributed by atoms with E-state index in [1.807, 2.05) is 56.3 Å². The van der Waals surface area contributed by atoms with Crippen LogP contribution < -0.4 is 10.6 Å². The number of halogens is 1. The molecule has 0 saturated heterocycles. The SMILES string of the molecule is CC1=C(C(=O)Nc2ccc(C)cc2)C(c2cccc(Cl)c2)n2ncnc2N1. The van der Waals surface area contributed by atoms with Gasteiger partial charge in [-0.15, -0.1) is 0 Å². The van der Waals surface area contributed by atoms with E-state index in [9.17, 15) is 4.79 Å². The lowest BCUT2D eigenvalue weighted by atomic mass is 9.95. The summed E-state index contributed by atoms with van der Waals surface area (Å²) in [6.07, 6.45) is 1.47. The van der Waals surface area contributed by atoms with Gasteiger partial charge in [0.1, 0.15) is 12.4 Å². The van der Waals surface area contributed by atoms with Crippen LogP contribution in [0.2, 0.25) is 5.02 Å². The fourth-order valence-corrected chi connectivity index (χ4v) is 3.40. The van der Waals surface area contributed by atoms with Gasteiger partial charge in [-0.3, -0.25) is 4.79 Å². The zero-order chi connectivity index (χ0) is 19.0. The Bertz CT molecular complexity index is 1040. The molecule has 7 heteroatoms. The van der Waals surface area contributed by atoms with Crippen molar-refractivity contribution in [2.75, 3.05) is 10.6 Å². The van der Waals surface area contributed by atoms with Gasteiger partial charge >= 0.3 is 0 Å². The molecule has 1 aromatic heterocycles. The molecule has 1 aliphatic rings. The highest BCUT2D eigenvalue weighted by Gasteiger charge is 2.33. The number of nitrogens with one attached hydrogen (secondary N) is 2. The molecule has 3 aromatic rings. The maximum absolute atomic E-state index is 13.2. The van der Waals surface area contributed by atoms with Crippen molar-refractivity contribution in [1.29, 1.82) is 0 Å². The Balaban J connectivity index is 1.76. The van der Waals surface area contributed by atoms with Crippen molar-refractivity contribution in [2.45, 2.75) is 19.9 Å². The Hall–Kier alpha value is -3.12. The minimum Gasteiger partial charge on any atom is -0.328 e. The van der Waals surface area contributed by atoms with Crippen molar-refractivity contribution in [1.82, 2.24) is 14.8 Å². The number of anilines is 2. The number of allylic oxidation sites excluding steroid dienone is 1. The smallest absolute Gasteiger partial charge is 0.255 e. The maximum Gasteiger partial charge on any atom is 0.255 e. The molecule has 0 saturated carbocycles. The minimum absolute atomic E-state index is 0.199. The van der Waals surface area contributed by atoms with Crippen molar-refractivity contribution >= 4 is 29.1 Å². The molecule has 0 bridgehead atoms. The summed E-state index contributed by atoms with van der Waals surface area (Å²) >= 11 is 6.20. The van der Waals surface area contributed by atoms with Crippen LogP contribution in [0.4, 0.5) is 11.6 Å². The van der Waals surface area contributed by atoms with Gasteiger partial charge in [-0.2, -0.15) is 10.1 Å². The normalized spacial score (nSPS) is 15.9.